The molecule has 0 aliphatic rings. The van der Waals surface area contributed by atoms with E-state index in [0.717, 1.165) is 12.0 Å². The number of nitrogens with zero attached hydrogens (tertiary/aromatic N) is 3. The molecule has 0 fully saturated rings. The summed E-state index contributed by atoms with van der Waals surface area (Å²) < 4.78 is 12.1. The molecule has 3 rings (SSSR count). The molecule has 0 aliphatic heterocycles. The molecule has 156 valence electrons. The van der Waals surface area contributed by atoms with E-state index in [1.807, 2.05) is 13.8 Å². The zero-order valence-electron chi connectivity index (χ0n) is 17.2. The minimum atomic E-state index is -0.495. The number of benzene rings is 2. The zero-order chi connectivity index (χ0) is 21.5. The van der Waals surface area contributed by atoms with E-state index in [-0.39, 0.29) is 11.3 Å². The third-order valence-corrected chi connectivity index (χ3v) is 4.39. The fourth-order valence-electron chi connectivity index (χ4n) is 3.03. The minimum Gasteiger partial charge on any atom is -0.493 e. The Morgan fingerprint density at radius 3 is 2.63 bits per heavy atom. The van der Waals surface area contributed by atoms with E-state index >= 15 is 0 Å². The molecule has 1 N–H and O–H groups in total. The molecule has 0 spiro atoms. The van der Waals surface area contributed by atoms with Crippen LogP contribution in [-0.2, 0) is 6.54 Å². The van der Waals surface area contributed by atoms with Gasteiger partial charge in [0.1, 0.15) is 0 Å². The number of nitrogens with one attached hydrogen (secondary N) is 1. The largest absolute Gasteiger partial charge is 0.493 e. The van der Waals surface area contributed by atoms with E-state index in [4.69, 9.17) is 9.47 Å². The van der Waals surface area contributed by atoms with Gasteiger partial charge in [0.2, 0.25) is 0 Å². The number of carbonyl (C=O) groups excluding carboxylic acids is 1. The average Bonchev–Trinajstić information content (AvgIpc) is 2.76. The summed E-state index contributed by atoms with van der Waals surface area (Å²) in [7, 11) is 1.57. The Balaban J connectivity index is 1.86. The van der Waals surface area contributed by atoms with E-state index in [2.05, 4.69) is 15.6 Å². The molecule has 1 aromatic heterocycles. The summed E-state index contributed by atoms with van der Waals surface area (Å²) in [6.45, 7) is 4.76. The Hall–Kier alpha value is -3.68. The Morgan fingerprint density at radius 1 is 1.17 bits per heavy atom. The monoisotopic (exact) mass is 408 g/mol. The number of hydrogen-bond acceptors (Lipinski definition) is 6. The number of hydrogen-bond donors (Lipinski definition) is 1. The second kappa shape index (κ2) is 9.69. The lowest BCUT2D eigenvalue weighted by Crippen LogP contribution is -2.29. The van der Waals surface area contributed by atoms with Crippen LogP contribution in [-0.4, -0.2) is 35.6 Å². The van der Waals surface area contributed by atoms with Gasteiger partial charge in [-0.25, -0.2) is 10.1 Å². The maximum Gasteiger partial charge on any atom is 0.292 e. The maximum atomic E-state index is 12.7. The van der Waals surface area contributed by atoms with Crippen molar-refractivity contribution in [3.63, 3.8) is 0 Å². The molecule has 0 saturated heterocycles. The summed E-state index contributed by atoms with van der Waals surface area (Å²) in [6, 6.07) is 12.3. The molecular weight excluding hydrogens is 384 g/mol. The summed E-state index contributed by atoms with van der Waals surface area (Å²) >= 11 is 0. The van der Waals surface area contributed by atoms with Gasteiger partial charge in [0.05, 0.1) is 25.3 Å². The molecule has 0 saturated carbocycles. The van der Waals surface area contributed by atoms with Crippen LogP contribution < -0.4 is 20.5 Å². The standard InChI is InChI=1S/C22H24N4O4/c1-4-12-26-22(28)17-9-7-6-8-16(17)20(25-26)21(27)24-23-14-15-10-11-18(29-3)19(13-15)30-5-2/h6-11,13-14H,4-5,12H2,1-3H3,(H,24,27)/b23-14+. The van der Waals surface area contributed by atoms with Crippen LogP contribution in [0.4, 0.5) is 0 Å². The van der Waals surface area contributed by atoms with Crippen molar-refractivity contribution in [3.05, 3.63) is 64.1 Å². The number of aryl methyl sites for hydroxylation is 1. The lowest BCUT2D eigenvalue weighted by Gasteiger charge is -2.10. The Bertz CT molecular complexity index is 1140. The Labute approximate surface area is 174 Å². The molecule has 8 heteroatoms. The molecule has 1 amide bonds. The van der Waals surface area contributed by atoms with Crippen LogP contribution >= 0.6 is 0 Å². The van der Waals surface area contributed by atoms with Gasteiger partial charge in [-0.15, -0.1) is 0 Å². The summed E-state index contributed by atoms with van der Waals surface area (Å²) in [4.78, 5) is 25.3. The predicted molar refractivity (Wildman–Crippen MR) is 116 cm³/mol. The van der Waals surface area contributed by atoms with E-state index in [0.29, 0.717) is 35.4 Å². The summed E-state index contributed by atoms with van der Waals surface area (Å²) in [5.41, 5.74) is 3.16. The highest BCUT2D eigenvalue weighted by atomic mass is 16.5. The summed E-state index contributed by atoms with van der Waals surface area (Å²) in [5.74, 6) is 0.715. The first kappa shape index (κ1) is 21.0. The van der Waals surface area contributed by atoms with Crippen molar-refractivity contribution < 1.29 is 14.3 Å². The van der Waals surface area contributed by atoms with Crippen molar-refractivity contribution >= 4 is 22.9 Å². The van der Waals surface area contributed by atoms with Gasteiger partial charge in [0.15, 0.2) is 17.2 Å². The van der Waals surface area contributed by atoms with Gasteiger partial charge in [0.25, 0.3) is 11.5 Å². The van der Waals surface area contributed by atoms with Crippen molar-refractivity contribution in [1.82, 2.24) is 15.2 Å². The van der Waals surface area contributed by atoms with Gasteiger partial charge >= 0.3 is 0 Å². The van der Waals surface area contributed by atoms with Crippen LogP contribution in [0, 0.1) is 0 Å². The van der Waals surface area contributed by atoms with Gasteiger partial charge in [-0.1, -0.05) is 25.1 Å². The smallest absolute Gasteiger partial charge is 0.292 e. The molecule has 0 radical (unpaired) electrons. The van der Waals surface area contributed by atoms with Crippen molar-refractivity contribution in [1.29, 1.82) is 0 Å². The molecule has 1 heterocycles. The highest BCUT2D eigenvalue weighted by molar-refractivity contribution is 6.04. The molecule has 0 atom stereocenters. The van der Waals surface area contributed by atoms with Crippen molar-refractivity contribution in [3.8, 4) is 11.5 Å². The van der Waals surface area contributed by atoms with Gasteiger partial charge in [-0.3, -0.25) is 9.59 Å². The summed E-state index contributed by atoms with van der Waals surface area (Å²) in [5, 5.41) is 9.23. The third kappa shape index (κ3) is 4.48. The fraction of sp³-hybridized carbons (Fsp3) is 0.273. The highest BCUT2D eigenvalue weighted by Gasteiger charge is 2.16. The second-order valence-electron chi connectivity index (χ2n) is 6.46. The van der Waals surface area contributed by atoms with Gasteiger partial charge in [-0.2, -0.15) is 10.2 Å². The van der Waals surface area contributed by atoms with E-state index < -0.39 is 5.91 Å². The van der Waals surface area contributed by atoms with Crippen molar-refractivity contribution in [2.24, 2.45) is 5.10 Å². The first-order chi connectivity index (χ1) is 14.6. The summed E-state index contributed by atoms with van der Waals surface area (Å²) in [6.07, 6.45) is 2.23. The van der Waals surface area contributed by atoms with Crippen LogP contribution in [0.15, 0.2) is 52.4 Å². The molecular formula is C22H24N4O4. The number of methoxy groups -OCH3 is 1. The lowest BCUT2D eigenvalue weighted by molar-refractivity contribution is 0.0949. The Kier molecular flexibility index (Phi) is 6.79. The van der Waals surface area contributed by atoms with Gasteiger partial charge in [-0.05, 0) is 43.2 Å². The minimum absolute atomic E-state index is 0.153. The number of amides is 1. The molecule has 0 bridgehead atoms. The normalized spacial score (nSPS) is 11.0. The SMILES string of the molecule is CCCn1nc(C(=O)N/N=C/c2ccc(OC)c(OCC)c2)c2ccccc2c1=O. The fourth-order valence-corrected chi connectivity index (χ4v) is 3.03. The molecule has 2 aromatic carbocycles. The van der Waals surface area contributed by atoms with Crippen LogP contribution in [0.1, 0.15) is 36.3 Å². The van der Waals surface area contributed by atoms with Crippen LogP contribution in [0.2, 0.25) is 0 Å². The first-order valence-electron chi connectivity index (χ1n) is 9.73. The quantitative estimate of drug-likeness (QED) is 0.457. The number of rotatable bonds is 8. The van der Waals surface area contributed by atoms with Crippen molar-refractivity contribution in [2.75, 3.05) is 13.7 Å². The molecule has 3 aromatic rings. The Morgan fingerprint density at radius 2 is 1.93 bits per heavy atom. The predicted octanol–water partition coefficient (Wildman–Crippen LogP) is 2.98. The third-order valence-electron chi connectivity index (χ3n) is 4.39. The maximum absolute atomic E-state index is 12.7. The molecule has 0 aliphatic carbocycles. The topological polar surface area (TPSA) is 94.8 Å². The number of fused-ring (bicyclic) bond motifs is 1. The number of ether oxygens (including phenoxy) is 2. The number of aromatic nitrogens is 2. The van der Waals surface area contributed by atoms with Crippen LogP contribution in [0.25, 0.3) is 10.8 Å². The van der Waals surface area contributed by atoms with Crippen LogP contribution in [0.5, 0.6) is 11.5 Å². The van der Waals surface area contributed by atoms with E-state index in [1.54, 1.807) is 49.6 Å². The second-order valence-corrected chi connectivity index (χ2v) is 6.46. The molecule has 8 nitrogen and oxygen atoms in total. The first-order valence-corrected chi connectivity index (χ1v) is 9.73. The lowest BCUT2D eigenvalue weighted by atomic mass is 10.1. The van der Waals surface area contributed by atoms with E-state index in [1.165, 1.54) is 10.9 Å². The van der Waals surface area contributed by atoms with Crippen LogP contribution in [0.3, 0.4) is 0 Å². The average molecular weight is 408 g/mol. The molecule has 0 unspecified atom stereocenters. The zero-order valence-corrected chi connectivity index (χ0v) is 17.2. The van der Waals surface area contributed by atoms with E-state index in [9.17, 15) is 9.59 Å². The number of carbonyl (C=O) groups is 1. The van der Waals surface area contributed by atoms with Crippen molar-refractivity contribution in [2.45, 2.75) is 26.8 Å². The van der Waals surface area contributed by atoms with Gasteiger partial charge in [0, 0.05) is 11.9 Å². The number of hydrazone groups is 1. The highest BCUT2D eigenvalue weighted by Crippen LogP contribution is 2.27. The molecule has 30 heavy (non-hydrogen) atoms. The van der Waals surface area contributed by atoms with Gasteiger partial charge < -0.3 is 9.47 Å².